The SMILES string of the molecule is CC1(C)OCC(=O)[C@@H]([C@@H](O)c2ccccc2)O1. The molecule has 1 aliphatic rings. The van der Waals surface area contributed by atoms with Crippen molar-refractivity contribution in [2.45, 2.75) is 31.8 Å². The van der Waals surface area contributed by atoms with Crippen LogP contribution in [0.4, 0.5) is 0 Å². The highest BCUT2D eigenvalue weighted by atomic mass is 16.7. The Labute approximate surface area is 100 Å². The molecule has 92 valence electrons. The Hall–Kier alpha value is -1.23. The lowest BCUT2D eigenvalue weighted by atomic mass is 10.0. The van der Waals surface area contributed by atoms with Crippen LogP contribution in [0.1, 0.15) is 25.5 Å². The Bertz CT molecular complexity index is 399. The molecule has 1 heterocycles. The van der Waals surface area contributed by atoms with E-state index < -0.39 is 18.0 Å². The normalized spacial score (nSPS) is 25.6. The molecule has 1 aromatic carbocycles. The molecule has 0 aromatic heterocycles. The molecule has 0 unspecified atom stereocenters. The van der Waals surface area contributed by atoms with Crippen molar-refractivity contribution in [1.82, 2.24) is 0 Å². The lowest BCUT2D eigenvalue weighted by molar-refractivity contribution is -0.271. The number of aliphatic hydroxyl groups is 1. The highest BCUT2D eigenvalue weighted by molar-refractivity contribution is 5.85. The molecule has 4 heteroatoms. The molecule has 1 saturated heterocycles. The van der Waals surface area contributed by atoms with Gasteiger partial charge in [-0.1, -0.05) is 30.3 Å². The molecule has 1 fully saturated rings. The third-order valence-corrected chi connectivity index (χ3v) is 2.72. The lowest BCUT2D eigenvalue weighted by Gasteiger charge is -2.36. The largest absolute Gasteiger partial charge is 0.385 e. The summed E-state index contributed by atoms with van der Waals surface area (Å²) < 4.78 is 10.7. The first kappa shape index (κ1) is 12.2. The summed E-state index contributed by atoms with van der Waals surface area (Å²) in [5, 5.41) is 10.1. The first-order valence-electron chi connectivity index (χ1n) is 5.57. The van der Waals surface area contributed by atoms with Gasteiger partial charge in [0.25, 0.3) is 0 Å². The molecular formula is C13H16O4. The third-order valence-electron chi connectivity index (χ3n) is 2.72. The maximum atomic E-state index is 11.7. The van der Waals surface area contributed by atoms with Gasteiger partial charge in [0.2, 0.25) is 0 Å². The van der Waals surface area contributed by atoms with Crippen LogP contribution < -0.4 is 0 Å². The maximum absolute atomic E-state index is 11.7. The Balaban J connectivity index is 2.18. The number of hydrogen-bond acceptors (Lipinski definition) is 4. The fourth-order valence-electron chi connectivity index (χ4n) is 1.80. The number of hydrogen-bond donors (Lipinski definition) is 1. The Kier molecular flexibility index (Phi) is 3.28. The molecule has 0 amide bonds. The van der Waals surface area contributed by atoms with E-state index >= 15 is 0 Å². The molecule has 2 atom stereocenters. The molecule has 0 spiro atoms. The van der Waals surface area contributed by atoms with Crippen molar-refractivity contribution in [3.05, 3.63) is 35.9 Å². The standard InChI is InChI=1S/C13H16O4/c1-13(2)16-8-10(14)12(17-13)11(15)9-6-4-3-5-7-9/h3-7,11-12,15H,8H2,1-2H3/t11-,12-/m0/s1. The number of carbonyl (C=O) groups excluding carboxylic acids is 1. The van der Waals surface area contributed by atoms with E-state index in [9.17, 15) is 9.90 Å². The number of carbonyl (C=O) groups is 1. The Morgan fingerprint density at radius 1 is 1.35 bits per heavy atom. The van der Waals surface area contributed by atoms with Crippen LogP contribution in [0.15, 0.2) is 30.3 Å². The Morgan fingerprint density at radius 3 is 2.65 bits per heavy atom. The minimum Gasteiger partial charge on any atom is -0.385 e. The average molecular weight is 236 g/mol. The molecule has 17 heavy (non-hydrogen) atoms. The van der Waals surface area contributed by atoms with Crippen molar-refractivity contribution < 1.29 is 19.4 Å². The quantitative estimate of drug-likeness (QED) is 0.844. The van der Waals surface area contributed by atoms with Gasteiger partial charge in [-0.2, -0.15) is 0 Å². The summed E-state index contributed by atoms with van der Waals surface area (Å²) in [7, 11) is 0. The number of benzene rings is 1. The molecule has 1 N–H and O–H groups in total. The fraction of sp³-hybridized carbons (Fsp3) is 0.462. The van der Waals surface area contributed by atoms with Crippen molar-refractivity contribution in [3.63, 3.8) is 0 Å². The smallest absolute Gasteiger partial charge is 0.190 e. The van der Waals surface area contributed by atoms with Crippen molar-refractivity contribution in [2.75, 3.05) is 6.61 Å². The first-order valence-corrected chi connectivity index (χ1v) is 5.57. The van der Waals surface area contributed by atoms with Crippen LogP contribution in [0.3, 0.4) is 0 Å². The molecule has 1 aliphatic heterocycles. The lowest BCUT2D eigenvalue weighted by Crippen LogP contribution is -2.48. The van der Waals surface area contributed by atoms with E-state index in [1.54, 1.807) is 26.0 Å². The molecular weight excluding hydrogens is 220 g/mol. The van der Waals surface area contributed by atoms with E-state index in [1.807, 2.05) is 18.2 Å². The zero-order valence-corrected chi connectivity index (χ0v) is 9.92. The Morgan fingerprint density at radius 2 is 2.00 bits per heavy atom. The number of rotatable bonds is 2. The van der Waals surface area contributed by atoms with Gasteiger partial charge in [-0.3, -0.25) is 4.79 Å². The van der Waals surface area contributed by atoms with E-state index in [-0.39, 0.29) is 12.4 Å². The number of ether oxygens (including phenoxy) is 2. The van der Waals surface area contributed by atoms with Crippen molar-refractivity contribution >= 4 is 5.78 Å². The summed E-state index contributed by atoms with van der Waals surface area (Å²) in [6, 6.07) is 9.02. The van der Waals surface area contributed by atoms with Gasteiger partial charge in [0, 0.05) is 0 Å². The highest BCUT2D eigenvalue weighted by Crippen LogP contribution is 2.28. The van der Waals surface area contributed by atoms with Crippen molar-refractivity contribution in [1.29, 1.82) is 0 Å². The number of aliphatic hydroxyl groups excluding tert-OH is 1. The van der Waals surface area contributed by atoms with Gasteiger partial charge >= 0.3 is 0 Å². The van der Waals surface area contributed by atoms with Crippen LogP contribution in [0.25, 0.3) is 0 Å². The monoisotopic (exact) mass is 236 g/mol. The summed E-state index contributed by atoms with van der Waals surface area (Å²) >= 11 is 0. The molecule has 4 nitrogen and oxygen atoms in total. The molecule has 0 bridgehead atoms. The van der Waals surface area contributed by atoms with E-state index in [1.165, 1.54) is 0 Å². The van der Waals surface area contributed by atoms with Crippen molar-refractivity contribution in [3.8, 4) is 0 Å². The average Bonchev–Trinajstić information content (AvgIpc) is 2.33. The molecule has 2 rings (SSSR count). The predicted molar refractivity (Wildman–Crippen MR) is 61.3 cm³/mol. The second-order valence-corrected chi connectivity index (χ2v) is 4.55. The van der Waals surface area contributed by atoms with Gasteiger partial charge in [0.15, 0.2) is 17.7 Å². The van der Waals surface area contributed by atoms with Gasteiger partial charge < -0.3 is 14.6 Å². The van der Waals surface area contributed by atoms with E-state index in [4.69, 9.17) is 9.47 Å². The summed E-state index contributed by atoms with van der Waals surface area (Å²) in [6.45, 7) is 3.43. The summed E-state index contributed by atoms with van der Waals surface area (Å²) in [4.78, 5) is 11.7. The van der Waals surface area contributed by atoms with Crippen LogP contribution in [-0.2, 0) is 14.3 Å². The minimum atomic E-state index is -0.952. The van der Waals surface area contributed by atoms with Crippen LogP contribution in [0.5, 0.6) is 0 Å². The first-order chi connectivity index (χ1) is 7.99. The molecule has 0 aliphatic carbocycles. The maximum Gasteiger partial charge on any atom is 0.190 e. The van der Waals surface area contributed by atoms with E-state index in [0.717, 1.165) is 0 Å². The summed E-state index contributed by atoms with van der Waals surface area (Å²) in [6.07, 6.45) is -1.81. The van der Waals surface area contributed by atoms with Gasteiger partial charge in [-0.05, 0) is 19.4 Å². The van der Waals surface area contributed by atoms with Gasteiger partial charge in [0.1, 0.15) is 12.7 Å². The zero-order chi connectivity index (χ0) is 12.5. The third kappa shape index (κ3) is 2.72. The van der Waals surface area contributed by atoms with E-state index in [0.29, 0.717) is 5.56 Å². The minimum absolute atomic E-state index is 0.0262. The summed E-state index contributed by atoms with van der Waals surface area (Å²) in [5.41, 5.74) is 0.670. The topological polar surface area (TPSA) is 55.8 Å². The fourth-order valence-corrected chi connectivity index (χ4v) is 1.80. The van der Waals surface area contributed by atoms with Crippen LogP contribution in [0.2, 0.25) is 0 Å². The van der Waals surface area contributed by atoms with Gasteiger partial charge in [0.05, 0.1) is 0 Å². The van der Waals surface area contributed by atoms with Gasteiger partial charge in [-0.25, -0.2) is 0 Å². The van der Waals surface area contributed by atoms with Crippen LogP contribution in [-0.4, -0.2) is 29.4 Å². The second kappa shape index (κ2) is 4.56. The van der Waals surface area contributed by atoms with Crippen LogP contribution in [0, 0.1) is 0 Å². The van der Waals surface area contributed by atoms with E-state index in [2.05, 4.69) is 0 Å². The number of ketones is 1. The number of Topliss-reactive ketones (excluding diaryl/α,β-unsaturated/α-hetero) is 1. The second-order valence-electron chi connectivity index (χ2n) is 4.55. The predicted octanol–water partition coefficient (Wildman–Crippen LogP) is 1.44. The van der Waals surface area contributed by atoms with Crippen molar-refractivity contribution in [2.24, 2.45) is 0 Å². The van der Waals surface area contributed by atoms with Crippen LogP contribution >= 0.6 is 0 Å². The summed E-state index contributed by atoms with van der Waals surface area (Å²) in [5.74, 6) is -1.07. The zero-order valence-electron chi connectivity index (χ0n) is 9.92. The van der Waals surface area contributed by atoms with Gasteiger partial charge in [-0.15, -0.1) is 0 Å². The molecule has 0 radical (unpaired) electrons. The highest BCUT2D eigenvalue weighted by Gasteiger charge is 2.39. The molecule has 0 saturated carbocycles. The molecule has 1 aromatic rings.